The summed E-state index contributed by atoms with van der Waals surface area (Å²) in [6.45, 7) is 0. The van der Waals surface area contributed by atoms with Crippen molar-refractivity contribution in [1.82, 2.24) is 0 Å². The zero-order valence-electron chi connectivity index (χ0n) is 7.19. The molecule has 4 heteroatoms. The second-order valence-corrected chi connectivity index (χ2v) is 4.47. The van der Waals surface area contributed by atoms with Crippen LogP contribution in [-0.2, 0) is 10.5 Å². The van der Waals surface area contributed by atoms with E-state index in [2.05, 4.69) is 0 Å². The third kappa shape index (κ3) is 3.65. The Labute approximate surface area is 85.3 Å². The Bertz CT molecular complexity index is 315. The van der Waals surface area contributed by atoms with Crippen LogP contribution in [0.15, 0.2) is 18.2 Å². The van der Waals surface area contributed by atoms with Gasteiger partial charge in [0.15, 0.2) is 0 Å². The largest absolute Gasteiger partial charge is 0.478 e. The highest BCUT2D eigenvalue weighted by atomic mass is 32.2. The molecule has 0 aliphatic heterocycles. The van der Waals surface area contributed by atoms with Gasteiger partial charge in [0.25, 0.3) is 0 Å². The van der Waals surface area contributed by atoms with Crippen molar-refractivity contribution in [2.45, 2.75) is 5.75 Å². The Morgan fingerprint density at radius 3 is 3.08 bits per heavy atom. The smallest absolute Gasteiger partial charge is 0.328 e. The molecule has 1 aromatic heterocycles. The highest BCUT2D eigenvalue weighted by Gasteiger charge is 1.96. The van der Waals surface area contributed by atoms with Gasteiger partial charge in [0.2, 0.25) is 0 Å². The van der Waals surface area contributed by atoms with Crippen LogP contribution in [0.2, 0.25) is 0 Å². The van der Waals surface area contributed by atoms with Gasteiger partial charge in [-0.15, -0.1) is 11.3 Å². The van der Waals surface area contributed by atoms with Crippen LogP contribution in [-0.4, -0.2) is 17.3 Å². The number of carboxylic acid groups (broad SMARTS) is 1. The fourth-order valence-electron chi connectivity index (χ4n) is 0.857. The van der Waals surface area contributed by atoms with E-state index in [1.54, 1.807) is 29.2 Å². The molecule has 0 bridgehead atoms. The summed E-state index contributed by atoms with van der Waals surface area (Å²) < 4.78 is 0. The van der Waals surface area contributed by atoms with Crippen molar-refractivity contribution >= 4 is 35.1 Å². The van der Waals surface area contributed by atoms with Crippen molar-refractivity contribution in [2.75, 3.05) is 6.26 Å². The summed E-state index contributed by atoms with van der Waals surface area (Å²) in [6, 6.07) is 3.97. The standard InChI is InChI=1S/C9H10O2S2/c1-12-6-8-3-2-7(13-8)4-5-9(10)11/h2-5H,6H2,1H3,(H,10,11). The molecule has 2 nitrogen and oxygen atoms in total. The summed E-state index contributed by atoms with van der Waals surface area (Å²) in [5.74, 6) is 0.0887. The number of thioether (sulfide) groups is 1. The van der Waals surface area contributed by atoms with E-state index in [4.69, 9.17) is 5.11 Å². The molecule has 0 unspecified atom stereocenters. The van der Waals surface area contributed by atoms with Gasteiger partial charge in [-0.3, -0.25) is 0 Å². The van der Waals surface area contributed by atoms with Crippen LogP contribution in [0, 0.1) is 0 Å². The molecule has 1 heterocycles. The van der Waals surface area contributed by atoms with E-state index in [0.717, 1.165) is 16.7 Å². The van der Waals surface area contributed by atoms with Crippen LogP contribution in [0.25, 0.3) is 6.08 Å². The lowest BCUT2D eigenvalue weighted by Gasteiger charge is -1.87. The number of carboxylic acids is 1. The van der Waals surface area contributed by atoms with Gasteiger partial charge in [-0.2, -0.15) is 11.8 Å². The number of hydrogen-bond acceptors (Lipinski definition) is 3. The minimum atomic E-state index is -0.903. The van der Waals surface area contributed by atoms with Gasteiger partial charge < -0.3 is 5.11 Å². The van der Waals surface area contributed by atoms with Gasteiger partial charge in [-0.05, 0) is 24.5 Å². The average Bonchev–Trinajstić information content (AvgIpc) is 2.50. The Balaban J connectivity index is 2.63. The summed E-state index contributed by atoms with van der Waals surface area (Å²) >= 11 is 3.39. The maximum absolute atomic E-state index is 10.2. The van der Waals surface area contributed by atoms with Gasteiger partial charge in [0.05, 0.1) is 0 Å². The topological polar surface area (TPSA) is 37.3 Å². The van der Waals surface area contributed by atoms with Crippen molar-refractivity contribution in [3.05, 3.63) is 28.0 Å². The van der Waals surface area contributed by atoms with Crippen molar-refractivity contribution < 1.29 is 9.90 Å². The minimum Gasteiger partial charge on any atom is -0.478 e. The van der Waals surface area contributed by atoms with E-state index >= 15 is 0 Å². The lowest BCUT2D eigenvalue weighted by molar-refractivity contribution is -0.131. The predicted molar refractivity (Wildman–Crippen MR) is 58.2 cm³/mol. The molecule has 0 fully saturated rings. The molecule has 0 radical (unpaired) electrons. The molecule has 0 aromatic carbocycles. The number of rotatable bonds is 4. The van der Waals surface area contributed by atoms with Crippen LogP contribution < -0.4 is 0 Å². The fraction of sp³-hybridized carbons (Fsp3) is 0.222. The molecule has 0 saturated heterocycles. The molecule has 1 N–H and O–H groups in total. The van der Waals surface area contributed by atoms with E-state index in [0.29, 0.717) is 0 Å². The average molecular weight is 214 g/mol. The SMILES string of the molecule is CSCc1ccc(C=CC(=O)O)s1. The summed E-state index contributed by atoms with van der Waals surface area (Å²) in [4.78, 5) is 12.5. The Kier molecular flexibility index (Phi) is 4.05. The van der Waals surface area contributed by atoms with Crippen molar-refractivity contribution in [3.63, 3.8) is 0 Å². The van der Waals surface area contributed by atoms with Crippen LogP contribution in [0.3, 0.4) is 0 Å². The molecule has 0 aliphatic rings. The monoisotopic (exact) mass is 214 g/mol. The van der Waals surface area contributed by atoms with Gasteiger partial charge in [0, 0.05) is 21.6 Å². The Morgan fingerprint density at radius 1 is 1.69 bits per heavy atom. The summed E-state index contributed by atoms with van der Waals surface area (Å²) in [6.07, 6.45) is 4.83. The quantitative estimate of drug-likeness (QED) is 0.783. The van der Waals surface area contributed by atoms with Crippen LogP contribution in [0.5, 0.6) is 0 Å². The first-order chi connectivity index (χ1) is 6.22. The van der Waals surface area contributed by atoms with E-state index < -0.39 is 5.97 Å². The molecule has 70 valence electrons. The maximum Gasteiger partial charge on any atom is 0.328 e. The molecule has 0 amide bonds. The summed E-state index contributed by atoms with van der Waals surface area (Å²) in [7, 11) is 0. The molecule has 0 atom stereocenters. The van der Waals surface area contributed by atoms with Crippen LogP contribution >= 0.6 is 23.1 Å². The summed E-state index contributed by atoms with van der Waals surface area (Å²) in [5, 5.41) is 8.40. The van der Waals surface area contributed by atoms with Crippen LogP contribution in [0.1, 0.15) is 9.75 Å². The first kappa shape index (κ1) is 10.3. The number of hydrogen-bond donors (Lipinski definition) is 1. The zero-order valence-corrected chi connectivity index (χ0v) is 8.82. The normalized spacial score (nSPS) is 10.8. The predicted octanol–water partition coefficient (Wildman–Crippen LogP) is 2.71. The van der Waals surface area contributed by atoms with Gasteiger partial charge in [0.1, 0.15) is 0 Å². The molecule has 1 aromatic rings. The molecular formula is C9H10O2S2. The Morgan fingerprint density at radius 2 is 2.46 bits per heavy atom. The highest BCUT2D eigenvalue weighted by molar-refractivity contribution is 7.97. The molecule has 0 aliphatic carbocycles. The van der Waals surface area contributed by atoms with E-state index in [1.807, 2.05) is 18.4 Å². The third-order valence-electron chi connectivity index (χ3n) is 1.36. The van der Waals surface area contributed by atoms with Crippen molar-refractivity contribution in [1.29, 1.82) is 0 Å². The summed E-state index contributed by atoms with van der Waals surface area (Å²) in [5.41, 5.74) is 0. The molecular weight excluding hydrogens is 204 g/mol. The first-order valence-electron chi connectivity index (χ1n) is 3.71. The lowest BCUT2D eigenvalue weighted by Crippen LogP contribution is -1.84. The van der Waals surface area contributed by atoms with E-state index in [1.165, 1.54) is 4.88 Å². The van der Waals surface area contributed by atoms with E-state index in [-0.39, 0.29) is 0 Å². The zero-order chi connectivity index (χ0) is 9.68. The fourth-order valence-corrected chi connectivity index (χ4v) is 2.54. The van der Waals surface area contributed by atoms with Crippen molar-refractivity contribution in [2.24, 2.45) is 0 Å². The molecule has 0 saturated carbocycles. The second kappa shape index (κ2) is 5.09. The molecule has 1 rings (SSSR count). The van der Waals surface area contributed by atoms with Gasteiger partial charge in [-0.25, -0.2) is 4.79 Å². The second-order valence-electron chi connectivity index (χ2n) is 2.41. The van der Waals surface area contributed by atoms with Gasteiger partial charge in [-0.1, -0.05) is 0 Å². The number of thiophene rings is 1. The molecule has 13 heavy (non-hydrogen) atoms. The van der Waals surface area contributed by atoms with Crippen molar-refractivity contribution in [3.8, 4) is 0 Å². The van der Waals surface area contributed by atoms with Gasteiger partial charge >= 0.3 is 5.97 Å². The lowest BCUT2D eigenvalue weighted by atomic mass is 10.4. The Hall–Kier alpha value is -0.740. The third-order valence-corrected chi connectivity index (χ3v) is 3.19. The first-order valence-corrected chi connectivity index (χ1v) is 5.92. The van der Waals surface area contributed by atoms with E-state index in [9.17, 15) is 4.79 Å². The molecule has 0 spiro atoms. The number of aliphatic carboxylic acids is 1. The maximum atomic E-state index is 10.2. The minimum absolute atomic E-state index is 0.903. The van der Waals surface area contributed by atoms with Crippen LogP contribution in [0.4, 0.5) is 0 Å². The highest BCUT2D eigenvalue weighted by Crippen LogP contribution is 2.21. The number of carbonyl (C=O) groups is 1.